The first-order chi connectivity index (χ1) is 16.4. The summed E-state index contributed by atoms with van der Waals surface area (Å²) in [7, 11) is 3.24. The van der Waals surface area contributed by atoms with Crippen molar-refractivity contribution in [2.24, 2.45) is 0 Å². The van der Waals surface area contributed by atoms with E-state index in [9.17, 15) is 0 Å². The van der Waals surface area contributed by atoms with E-state index in [0.29, 0.717) is 29.0 Å². The van der Waals surface area contributed by atoms with Gasteiger partial charge in [-0.05, 0) is 56.7 Å². The molecule has 0 spiro atoms. The second-order valence-corrected chi connectivity index (χ2v) is 9.45. The topological polar surface area (TPSA) is 65.5 Å². The molecular weight excluding hydrogens is 470 g/mol. The maximum Gasteiger partial charge on any atom is 0.162 e. The molecule has 0 saturated heterocycles. The van der Waals surface area contributed by atoms with E-state index < -0.39 is 0 Å². The van der Waals surface area contributed by atoms with Crippen LogP contribution in [0.1, 0.15) is 37.0 Å². The Morgan fingerprint density at radius 1 is 1.00 bits per heavy atom. The van der Waals surface area contributed by atoms with Crippen molar-refractivity contribution in [2.45, 2.75) is 33.2 Å². The molecule has 0 aliphatic heterocycles. The first-order valence-corrected chi connectivity index (χ1v) is 12.3. The first-order valence-electron chi connectivity index (χ1n) is 11.1. The molecule has 6 nitrogen and oxygen atoms in total. The van der Waals surface area contributed by atoms with E-state index >= 15 is 0 Å². The highest BCUT2D eigenvalue weighted by Crippen LogP contribution is 2.40. The van der Waals surface area contributed by atoms with Crippen LogP contribution in [0.2, 0.25) is 5.02 Å². The summed E-state index contributed by atoms with van der Waals surface area (Å²) in [5, 5.41) is 5.12. The molecule has 1 N–H and O–H groups in total. The zero-order chi connectivity index (χ0) is 24.2. The Labute approximate surface area is 208 Å². The molecule has 2 aromatic carbocycles. The SMILES string of the molecule is CCCOc1ccc(Cl)cc1-c1ccc(C(C)Nc2nc(C)nc3cc(OC)c(OC)cc23)s1. The van der Waals surface area contributed by atoms with Crippen LogP contribution in [0.4, 0.5) is 5.82 Å². The molecule has 1 atom stereocenters. The number of halogens is 1. The Morgan fingerprint density at radius 3 is 2.50 bits per heavy atom. The summed E-state index contributed by atoms with van der Waals surface area (Å²) >= 11 is 8.00. The molecule has 0 bridgehead atoms. The van der Waals surface area contributed by atoms with Gasteiger partial charge in [-0.3, -0.25) is 0 Å². The molecule has 8 heteroatoms. The molecule has 0 aliphatic carbocycles. The van der Waals surface area contributed by atoms with Crippen LogP contribution in [0.3, 0.4) is 0 Å². The van der Waals surface area contributed by atoms with Crippen LogP contribution < -0.4 is 19.5 Å². The zero-order valence-corrected chi connectivity index (χ0v) is 21.5. The molecule has 0 fully saturated rings. The highest BCUT2D eigenvalue weighted by Gasteiger charge is 2.17. The second kappa shape index (κ2) is 10.5. The van der Waals surface area contributed by atoms with Gasteiger partial charge in [-0.25, -0.2) is 9.97 Å². The summed E-state index contributed by atoms with van der Waals surface area (Å²) in [6.07, 6.45) is 0.946. The Morgan fingerprint density at radius 2 is 1.76 bits per heavy atom. The number of aromatic nitrogens is 2. The van der Waals surface area contributed by atoms with Crippen molar-refractivity contribution >= 4 is 39.7 Å². The maximum absolute atomic E-state index is 6.30. The van der Waals surface area contributed by atoms with Crippen LogP contribution in [-0.4, -0.2) is 30.8 Å². The number of hydrogen-bond donors (Lipinski definition) is 1. The standard InChI is InChI=1S/C26H28ClN3O3S/c1-6-11-33-21-8-7-17(27)12-19(21)25-10-9-24(34-25)15(2)28-26-18-13-22(31-4)23(32-5)14-20(18)29-16(3)30-26/h7-10,12-15H,6,11H2,1-5H3,(H,28,29,30). The third-order valence-corrected chi connectivity index (χ3v) is 6.92. The van der Waals surface area contributed by atoms with Crippen molar-refractivity contribution in [2.75, 3.05) is 26.1 Å². The fraction of sp³-hybridized carbons (Fsp3) is 0.308. The lowest BCUT2D eigenvalue weighted by molar-refractivity contribution is 0.319. The van der Waals surface area contributed by atoms with Crippen LogP contribution in [0.15, 0.2) is 42.5 Å². The van der Waals surface area contributed by atoms with Crippen molar-refractivity contribution in [3.63, 3.8) is 0 Å². The number of anilines is 1. The van der Waals surface area contributed by atoms with Gasteiger partial charge in [0.05, 0.1) is 32.4 Å². The lowest BCUT2D eigenvalue weighted by atomic mass is 10.1. The average molecular weight is 498 g/mol. The number of nitrogens with one attached hydrogen (secondary N) is 1. The molecule has 4 aromatic rings. The highest BCUT2D eigenvalue weighted by atomic mass is 35.5. The number of benzene rings is 2. The van der Waals surface area contributed by atoms with E-state index in [-0.39, 0.29) is 6.04 Å². The summed E-state index contributed by atoms with van der Waals surface area (Å²) in [6, 6.07) is 13.8. The lowest BCUT2D eigenvalue weighted by Crippen LogP contribution is -2.08. The van der Waals surface area contributed by atoms with Crippen molar-refractivity contribution < 1.29 is 14.2 Å². The molecule has 2 aromatic heterocycles. The molecule has 0 amide bonds. The zero-order valence-electron chi connectivity index (χ0n) is 19.9. The number of methoxy groups -OCH3 is 2. The van der Waals surface area contributed by atoms with Gasteiger partial charge in [0.25, 0.3) is 0 Å². The summed E-state index contributed by atoms with van der Waals surface area (Å²) in [5.41, 5.74) is 1.80. The van der Waals surface area contributed by atoms with Gasteiger partial charge in [-0.2, -0.15) is 0 Å². The van der Waals surface area contributed by atoms with Gasteiger partial charge in [-0.1, -0.05) is 18.5 Å². The van der Waals surface area contributed by atoms with Crippen molar-refractivity contribution in [3.05, 3.63) is 58.2 Å². The van der Waals surface area contributed by atoms with Crippen LogP contribution in [0.25, 0.3) is 21.3 Å². The first kappa shape index (κ1) is 24.1. The van der Waals surface area contributed by atoms with Crippen LogP contribution in [0, 0.1) is 6.92 Å². The minimum atomic E-state index is 0.0172. The predicted octanol–water partition coefficient (Wildman–Crippen LogP) is 7.30. The summed E-state index contributed by atoms with van der Waals surface area (Å²) in [5.74, 6) is 3.55. The van der Waals surface area contributed by atoms with E-state index in [1.165, 1.54) is 4.88 Å². The number of ether oxygens (including phenoxy) is 3. The van der Waals surface area contributed by atoms with E-state index in [0.717, 1.165) is 39.3 Å². The minimum absolute atomic E-state index is 0.0172. The lowest BCUT2D eigenvalue weighted by Gasteiger charge is -2.17. The summed E-state index contributed by atoms with van der Waals surface area (Å²) in [6.45, 7) is 6.76. The third-order valence-electron chi connectivity index (χ3n) is 5.39. The molecule has 0 aliphatic rings. The normalized spacial score (nSPS) is 11.9. The Kier molecular flexibility index (Phi) is 7.44. The van der Waals surface area contributed by atoms with E-state index in [2.05, 4.69) is 41.3 Å². The van der Waals surface area contributed by atoms with Crippen molar-refractivity contribution in [1.82, 2.24) is 9.97 Å². The number of rotatable bonds is 9. The number of nitrogens with zero attached hydrogens (tertiary/aromatic N) is 2. The Hall–Kier alpha value is -3.03. The monoisotopic (exact) mass is 497 g/mol. The molecule has 178 valence electrons. The quantitative estimate of drug-likeness (QED) is 0.261. The largest absolute Gasteiger partial charge is 0.493 e. The van der Waals surface area contributed by atoms with Crippen molar-refractivity contribution in [1.29, 1.82) is 0 Å². The van der Waals surface area contributed by atoms with Gasteiger partial charge in [0.2, 0.25) is 0 Å². The highest BCUT2D eigenvalue weighted by molar-refractivity contribution is 7.15. The fourth-order valence-corrected chi connectivity index (χ4v) is 4.92. The smallest absolute Gasteiger partial charge is 0.162 e. The van der Waals surface area contributed by atoms with Gasteiger partial charge in [0.1, 0.15) is 17.4 Å². The minimum Gasteiger partial charge on any atom is -0.493 e. The number of hydrogen-bond acceptors (Lipinski definition) is 7. The van der Waals surface area contributed by atoms with Gasteiger partial charge in [-0.15, -0.1) is 11.3 Å². The number of aryl methyl sites for hydroxylation is 1. The maximum atomic E-state index is 6.30. The molecule has 34 heavy (non-hydrogen) atoms. The molecule has 0 saturated carbocycles. The summed E-state index contributed by atoms with van der Waals surface area (Å²) in [4.78, 5) is 11.5. The second-order valence-electron chi connectivity index (χ2n) is 7.90. The van der Waals surface area contributed by atoms with Crippen LogP contribution in [-0.2, 0) is 0 Å². The molecule has 4 rings (SSSR count). The predicted molar refractivity (Wildman–Crippen MR) is 140 cm³/mol. The Bertz CT molecular complexity index is 1310. The number of thiophene rings is 1. The van der Waals surface area contributed by atoms with Gasteiger partial charge in [0, 0.05) is 31.8 Å². The van der Waals surface area contributed by atoms with Crippen LogP contribution >= 0.6 is 22.9 Å². The van der Waals surface area contributed by atoms with E-state index in [1.54, 1.807) is 25.6 Å². The van der Waals surface area contributed by atoms with Gasteiger partial charge >= 0.3 is 0 Å². The van der Waals surface area contributed by atoms with Crippen molar-refractivity contribution in [3.8, 4) is 27.7 Å². The fourth-order valence-electron chi connectivity index (χ4n) is 3.72. The molecule has 1 unspecified atom stereocenters. The van der Waals surface area contributed by atoms with Crippen LogP contribution in [0.5, 0.6) is 17.2 Å². The summed E-state index contributed by atoms with van der Waals surface area (Å²) < 4.78 is 16.9. The van der Waals surface area contributed by atoms with E-state index in [1.807, 2.05) is 37.3 Å². The Balaban J connectivity index is 1.65. The molecule has 2 heterocycles. The third kappa shape index (κ3) is 5.05. The van der Waals surface area contributed by atoms with Gasteiger partial charge in [0.15, 0.2) is 11.5 Å². The molecule has 0 radical (unpaired) electrons. The average Bonchev–Trinajstić information content (AvgIpc) is 3.32. The number of fused-ring (bicyclic) bond motifs is 1. The van der Waals surface area contributed by atoms with Gasteiger partial charge < -0.3 is 19.5 Å². The van der Waals surface area contributed by atoms with E-state index in [4.69, 9.17) is 25.8 Å². The molecular formula is C26H28ClN3O3S.